The molecule has 0 aromatic heterocycles. The number of hydrogen-bond donors (Lipinski definition) is 1. The molecule has 0 bridgehead atoms. The van der Waals surface area contributed by atoms with Crippen molar-refractivity contribution >= 4 is 27.3 Å². The van der Waals surface area contributed by atoms with E-state index in [1.54, 1.807) is 18.2 Å². The molecule has 1 fully saturated rings. The molecular formula is C27H29N3O5S. The molecule has 0 radical (unpaired) electrons. The third-order valence-electron chi connectivity index (χ3n) is 6.60. The Morgan fingerprint density at radius 2 is 1.75 bits per heavy atom. The van der Waals surface area contributed by atoms with E-state index in [1.807, 2.05) is 12.1 Å². The number of nitrogens with one attached hydrogen (secondary N) is 1. The minimum atomic E-state index is -3.71. The third kappa shape index (κ3) is 4.95. The number of morpholine rings is 1. The number of carbonyl (C=O) groups is 1. The zero-order valence-corrected chi connectivity index (χ0v) is 21.0. The Morgan fingerprint density at radius 1 is 1.00 bits per heavy atom. The molecule has 2 heterocycles. The lowest BCUT2D eigenvalue weighted by Gasteiger charge is -2.26. The van der Waals surface area contributed by atoms with Crippen LogP contribution in [0.3, 0.4) is 0 Å². The van der Waals surface area contributed by atoms with E-state index in [9.17, 15) is 13.2 Å². The lowest BCUT2D eigenvalue weighted by molar-refractivity contribution is 0.0730. The zero-order valence-electron chi connectivity index (χ0n) is 20.1. The van der Waals surface area contributed by atoms with Crippen LogP contribution in [0.5, 0.6) is 5.75 Å². The standard InChI is InChI=1S/C27H29N3O5S/c1-34-26-11-10-23(36(32,33)30-14-16-35-17-15-30)18-24(26)28-27(31)22-8-6-20(7-9-22)19-29-13-12-21-4-2-3-5-25(21)29/h2-11,18H,12-17,19H2,1H3,(H,28,31). The fraction of sp³-hybridized carbons (Fsp3) is 0.296. The summed E-state index contributed by atoms with van der Waals surface area (Å²) in [7, 11) is -2.23. The van der Waals surface area contributed by atoms with Gasteiger partial charge in [-0.15, -0.1) is 0 Å². The molecule has 0 spiro atoms. The van der Waals surface area contributed by atoms with Crippen LogP contribution in [0.2, 0.25) is 0 Å². The molecule has 1 saturated heterocycles. The normalized spacial score (nSPS) is 16.0. The number of ether oxygens (including phenoxy) is 2. The predicted octanol–water partition coefficient (Wildman–Crippen LogP) is 3.53. The highest BCUT2D eigenvalue weighted by molar-refractivity contribution is 7.89. The van der Waals surface area contributed by atoms with Crippen LogP contribution in [0.15, 0.2) is 71.6 Å². The average molecular weight is 508 g/mol. The summed E-state index contributed by atoms with van der Waals surface area (Å²) in [5.41, 5.74) is 4.51. The molecule has 2 aliphatic rings. The van der Waals surface area contributed by atoms with E-state index >= 15 is 0 Å². The predicted molar refractivity (Wildman–Crippen MR) is 138 cm³/mol. The summed E-state index contributed by atoms with van der Waals surface area (Å²) in [5.74, 6) is 0.0425. The number of amides is 1. The number of para-hydroxylation sites is 1. The van der Waals surface area contributed by atoms with Gasteiger partial charge in [0.2, 0.25) is 10.0 Å². The maximum Gasteiger partial charge on any atom is 0.255 e. The third-order valence-corrected chi connectivity index (χ3v) is 8.49. The number of anilines is 2. The smallest absolute Gasteiger partial charge is 0.255 e. The molecule has 0 unspecified atom stereocenters. The monoisotopic (exact) mass is 507 g/mol. The summed E-state index contributed by atoms with van der Waals surface area (Å²) in [6, 6.07) is 20.4. The Bertz CT molecular complexity index is 1350. The molecule has 3 aromatic carbocycles. The van der Waals surface area contributed by atoms with Crippen LogP contribution in [0, 0.1) is 0 Å². The molecule has 0 aliphatic carbocycles. The molecule has 5 rings (SSSR count). The highest BCUT2D eigenvalue weighted by Gasteiger charge is 2.27. The lowest BCUT2D eigenvalue weighted by atomic mass is 10.1. The molecule has 188 valence electrons. The van der Waals surface area contributed by atoms with Gasteiger partial charge in [-0.3, -0.25) is 4.79 Å². The quantitative estimate of drug-likeness (QED) is 0.527. The first-order valence-electron chi connectivity index (χ1n) is 11.9. The molecule has 3 aromatic rings. The van der Waals surface area contributed by atoms with Crippen molar-refractivity contribution < 1.29 is 22.7 Å². The van der Waals surface area contributed by atoms with Gasteiger partial charge in [-0.05, 0) is 53.9 Å². The topological polar surface area (TPSA) is 88.2 Å². The van der Waals surface area contributed by atoms with Gasteiger partial charge in [0.15, 0.2) is 0 Å². The number of sulfonamides is 1. The maximum atomic E-state index is 13.1. The van der Waals surface area contributed by atoms with Crippen molar-refractivity contribution in [1.82, 2.24) is 4.31 Å². The van der Waals surface area contributed by atoms with Gasteiger partial charge in [0.05, 0.1) is 30.9 Å². The Hall–Kier alpha value is -3.40. The summed E-state index contributed by atoms with van der Waals surface area (Å²) < 4.78 is 38.2. The van der Waals surface area contributed by atoms with E-state index in [0.29, 0.717) is 43.3 Å². The second kappa shape index (κ2) is 10.3. The van der Waals surface area contributed by atoms with Crippen LogP contribution >= 0.6 is 0 Å². The van der Waals surface area contributed by atoms with Crippen LogP contribution in [-0.4, -0.2) is 58.6 Å². The Balaban J connectivity index is 1.30. The van der Waals surface area contributed by atoms with Crippen molar-refractivity contribution in [3.63, 3.8) is 0 Å². The number of nitrogens with zero attached hydrogens (tertiary/aromatic N) is 2. The van der Waals surface area contributed by atoms with Crippen LogP contribution < -0.4 is 15.0 Å². The van der Waals surface area contributed by atoms with E-state index in [-0.39, 0.29) is 10.8 Å². The van der Waals surface area contributed by atoms with E-state index in [0.717, 1.165) is 25.1 Å². The lowest BCUT2D eigenvalue weighted by Crippen LogP contribution is -2.40. The molecule has 2 aliphatic heterocycles. The Labute approximate surface area is 211 Å². The van der Waals surface area contributed by atoms with E-state index in [1.165, 1.54) is 34.8 Å². The molecule has 36 heavy (non-hydrogen) atoms. The van der Waals surface area contributed by atoms with Crippen LogP contribution in [0.25, 0.3) is 0 Å². The first kappa shape index (κ1) is 24.3. The summed E-state index contributed by atoms with van der Waals surface area (Å²) in [4.78, 5) is 15.5. The van der Waals surface area contributed by atoms with E-state index in [2.05, 4.69) is 34.5 Å². The van der Waals surface area contributed by atoms with Crippen molar-refractivity contribution in [3.05, 3.63) is 83.4 Å². The fourth-order valence-corrected chi connectivity index (χ4v) is 6.06. The Morgan fingerprint density at radius 3 is 2.50 bits per heavy atom. The number of hydrogen-bond acceptors (Lipinski definition) is 6. The molecule has 8 nitrogen and oxygen atoms in total. The number of carbonyl (C=O) groups excluding carboxylic acids is 1. The second-order valence-electron chi connectivity index (χ2n) is 8.83. The molecule has 0 atom stereocenters. The highest BCUT2D eigenvalue weighted by atomic mass is 32.2. The van der Waals surface area contributed by atoms with Gasteiger partial charge in [0.1, 0.15) is 5.75 Å². The first-order valence-corrected chi connectivity index (χ1v) is 13.4. The number of benzene rings is 3. The van der Waals surface area contributed by atoms with Crippen LogP contribution in [0.4, 0.5) is 11.4 Å². The summed E-state index contributed by atoms with van der Waals surface area (Å²) in [6.07, 6.45) is 1.04. The van der Waals surface area contributed by atoms with Crippen LogP contribution in [0.1, 0.15) is 21.5 Å². The highest BCUT2D eigenvalue weighted by Crippen LogP contribution is 2.31. The molecule has 1 amide bonds. The summed E-state index contributed by atoms with van der Waals surface area (Å²) in [6.45, 7) is 3.06. The second-order valence-corrected chi connectivity index (χ2v) is 10.8. The minimum Gasteiger partial charge on any atom is -0.495 e. The summed E-state index contributed by atoms with van der Waals surface area (Å²) in [5, 5.41) is 2.82. The minimum absolute atomic E-state index is 0.0988. The largest absolute Gasteiger partial charge is 0.495 e. The van der Waals surface area contributed by atoms with Crippen molar-refractivity contribution in [3.8, 4) is 5.75 Å². The maximum absolute atomic E-state index is 13.1. The molecule has 0 saturated carbocycles. The summed E-state index contributed by atoms with van der Waals surface area (Å²) >= 11 is 0. The molecular weight excluding hydrogens is 478 g/mol. The van der Waals surface area contributed by atoms with Crippen molar-refractivity contribution in [2.45, 2.75) is 17.9 Å². The van der Waals surface area contributed by atoms with Crippen molar-refractivity contribution in [2.75, 3.05) is 50.2 Å². The average Bonchev–Trinajstić information content (AvgIpc) is 3.32. The zero-order chi connectivity index (χ0) is 25.1. The van der Waals surface area contributed by atoms with Gasteiger partial charge in [-0.25, -0.2) is 8.42 Å². The SMILES string of the molecule is COc1ccc(S(=O)(=O)N2CCOCC2)cc1NC(=O)c1ccc(CN2CCc3ccccc32)cc1. The van der Waals surface area contributed by atoms with Gasteiger partial charge in [0, 0.05) is 37.4 Å². The van der Waals surface area contributed by atoms with Crippen molar-refractivity contribution in [1.29, 1.82) is 0 Å². The van der Waals surface area contributed by atoms with Gasteiger partial charge in [-0.2, -0.15) is 4.31 Å². The van der Waals surface area contributed by atoms with Crippen molar-refractivity contribution in [2.24, 2.45) is 0 Å². The van der Waals surface area contributed by atoms with Gasteiger partial charge in [-0.1, -0.05) is 30.3 Å². The van der Waals surface area contributed by atoms with Gasteiger partial charge in [0.25, 0.3) is 5.91 Å². The molecule has 9 heteroatoms. The molecule has 1 N–H and O–H groups in total. The Kier molecular flexibility index (Phi) is 6.95. The first-order chi connectivity index (χ1) is 17.5. The number of fused-ring (bicyclic) bond motifs is 1. The van der Waals surface area contributed by atoms with E-state index in [4.69, 9.17) is 9.47 Å². The van der Waals surface area contributed by atoms with Crippen LogP contribution in [-0.2, 0) is 27.7 Å². The van der Waals surface area contributed by atoms with Gasteiger partial charge >= 0.3 is 0 Å². The van der Waals surface area contributed by atoms with E-state index < -0.39 is 10.0 Å². The fourth-order valence-electron chi connectivity index (χ4n) is 4.63. The number of methoxy groups -OCH3 is 1. The van der Waals surface area contributed by atoms with Gasteiger partial charge < -0.3 is 19.7 Å². The number of rotatable bonds is 7.